The highest BCUT2D eigenvalue weighted by Crippen LogP contribution is 2.30. The predicted molar refractivity (Wildman–Crippen MR) is 145 cm³/mol. The number of hydrogen-bond acceptors (Lipinski definition) is 5. The molecule has 2 saturated heterocycles. The highest BCUT2D eigenvalue weighted by molar-refractivity contribution is 6.31. The van der Waals surface area contributed by atoms with Crippen molar-refractivity contribution < 1.29 is 4.79 Å². The normalized spacial score (nSPS) is 17.4. The third kappa shape index (κ3) is 6.51. The van der Waals surface area contributed by atoms with Gasteiger partial charge in [0.05, 0.1) is 12.1 Å². The van der Waals surface area contributed by atoms with Crippen LogP contribution in [-0.2, 0) is 11.3 Å². The Kier molecular flexibility index (Phi) is 7.82. The van der Waals surface area contributed by atoms with E-state index in [1.165, 1.54) is 44.1 Å². The number of pyridine rings is 1. The summed E-state index contributed by atoms with van der Waals surface area (Å²) in [6, 6.07) is 14.0. The van der Waals surface area contributed by atoms with Crippen LogP contribution in [0.1, 0.15) is 44.1 Å². The van der Waals surface area contributed by atoms with Gasteiger partial charge in [0.15, 0.2) is 0 Å². The van der Waals surface area contributed by atoms with Gasteiger partial charge in [-0.1, -0.05) is 24.4 Å². The van der Waals surface area contributed by atoms with Gasteiger partial charge in [-0.2, -0.15) is 0 Å². The highest BCUT2D eigenvalue weighted by atomic mass is 35.5. The molecule has 1 amide bonds. The molecule has 7 heteroatoms. The first-order valence-corrected chi connectivity index (χ1v) is 13.2. The molecule has 2 aliphatic heterocycles. The van der Waals surface area contributed by atoms with E-state index in [9.17, 15) is 4.79 Å². The maximum Gasteiger partial charge on any atom is 0.238 e. The van der Waals surface area contributed by atoms with Crippen molar-refractivity contribution in [3.63, 3.8) is 0 Å². The minimum atomic E-state index is 0.0501. The van der Waals surface area contributed by atoms with Gasteiger partial charge >= 0.3 is 0 Å². The molecule has 1 aromatic heterocycles. The molecule has 0 bridgehead atoms. The molecule has 0 saturated carbocycles. The number of carbonyl (C=O) groups excluding carboxylic acids is 1. The summed E-state index contributed by atoms with van der Waals surface area (Å²) in [6.07, 6.45) is 9.24. The summed E-state index contributed by atoms with van der Waals surface area (Å²) >= 11 is 6.28. The van der Waals surface area contributed by atoms with Crippen LogP contribution in [-0.4, -0.2) is 53.4 Å². The molecule has 0 atom stereocenters. The largest absolute Gasteiger partial charge is 0.355 e. The van der Waals surface area contributed by atoms with E-state index < -0.39 is 0 Å². The number of fused-ring (bicyclic) bond motifs is 1. The summed E-state index contributed by atoms with van der Waals surface area (Å²) in [5, 5.41) is 8.38. The molecule has 3 heterocycles. The van der Waals surface area contributed by atoms with E-state index in [0.717, 1.165) is 60.7 Å². The first kappa shape index (κ1) is 24.0. The van der Waals surface area contributed by atoms with Gasteiger partial charge in [0, 0.05) is 40.2 Å². The molecule has 0 aliphatic carbocycles. The first-order valence-electron chi connectivity index (χ1n) is 12.8. The molecule has 3 aromatic rings. The Morgan fingerprint density at radius 1 is 0.857 bits per heavy atom. The van der Waals surface area contributed by atoms with Crippen molar-refractivity contribution in [3.8, 4) is 0 Å². The maximum absolute atomic E-state index is 12.9. The fraction of sp³-hybridized carbons (Fsp3) is 0.429. The van der Waals surface area contributed by atoms with Crippen molar-refractivity contribution in [2.45, 2.75) is 45.1 Å². The number of aromatic nitrogens is 1. The Hall–Kier alpha value is -2.67. The number of amides is 1. The fourth-order valence-electron chi connectivity index (χ4n) is 5.21. The number of benzene rings is 2. The van der Waals surface area contributed by atoms with Gasteiger partial charge in [-0.25, -0.2) is 0 Å². The third-order valence-corrected chi connectivity index (χ3v) is 7.17. The SMILES string of the molecule is O=C(CN1CCCCC1)Nc1cc(CN2CCCCC2)cc(Nc2ccnc3ccc(Cl)cc23)c1. The van der Waals surface area contributed by atoms with E-state index in [-0.39, 0.29) is 5.91 Å². The maximum atomic E-state index is 12.9. The zero-order valence-corrected chi connectivity index (χ0v) is 21.0. The number of hydrogen-bond donors (Lipinski definition) is 2. The zero-order chi connectivity index (χ0) is 24.0. The second-order valence-corrected chi connectivity index (χ2v) is 10.2. The molecule has 5 rings (SSSR count). The molecule has 2 aromatic carbocycles. The first-order chi connectivity index (χ1) is 17.1. The van der Waals surface area contributed by atoms with Gasteiger partial charge in [0.1, 0.15) is 0 Å². The number of piperidine rings is 2. The lowest BCUT2D eigenvalue weighted by Gasteiger charge is -2.27. The Labute approximate surface area is 212 Å². The molecule has 0 spiro atoms. The summed E-state index contributed by atoms with van der Waals surface area (Å²) in [5.41, 5.74) is 4.80. The zero-order valence-electron chi connectivity index (χ0n) is 20.2. The van der Waals surface area contributed by atoms with Crippen LogP contribution < -0.4 is 10.6 Å². The molecular formula is C28H34ClN5O. The molecule has 2 fully saturated rings. The van der Waals surface area contributed by atoms with E-state index in [1.54, 1.807) is 6.20 Å². The van der Waals surface area contributed by atoms with Gasteiger partial charge in [-0.05, 0) is 99.9 Å². The number of anilines is 3. The van der Waals surface area contributed by atoms with Crippen molar-refractivity contribution in [2.24, 2.45) is 0 Å². The summed E-state index contributed by atoms with van der Waals surface area (Å²) in [4.78, 5) is 22.1. The van der Waals surface area contributed by atoms with Gasteiger partial charge in [0.2, 0.25) is 5.91 Å². The van der Waals surface area contributed by atoms with Crippen LogP contribution in [0.3, 0.4) is 0 Å². The molecule has 6 nitrogen and oxygen atoms in total. The summed E-state index contributed by atoms with van der Waals surface area (Å²) < 4.78 is 0. The van der Waals surface area contributed by atoms with Crippen LogP contribution in [0.25, 0.3) is 10.9 Å². The summed E-state index contributed by atoms with van der Waals surface area (Å²) in [7, 11) is 0. The molecule has 184 valence electrons. The van der Waals surface area contributed by atoms with Crippen LogP contribution in [0.2, 0.25) is 5.02 Å². The van der Waals surface area contributed by atoms with E-state index in [2.05, 4.69) is 37.6 Å². The van der Waals surface area contributed by atoms with E-state index in [1.807, 2.05) is 30.3 Å². The lowest BCUT2D eigenvalue weighted by atomic mass is 10.1. The number of halogens is 1. The lowest BCUT2D eigenvalue weighted by Crippen LogP contribution is -2.36. The van der Waals surface area contributed by atoms with E-state index in [0.29, 0.717) is 11.6 Å². The number of likely N-dealkylation sites (tertiary alicyclic amines) is 2. The van der Waals surface area contributed by atoms with Crippen LogP contribution in [0, 0.1) is 0 Å². The molecule has 0 radical (unpaired) electrons. The van der Waals surface area contributed by atoms with E-state index >= 15 is 0 Å². The van der Waals surface area contributed by atoms with Crippen molar-refractivity contribution in [2.75, 3.05) is 43.4 Å². The predicted octanol–water partition coefficient (Wildman–Crippen LogP) is 6.04. The smallest absolute Gasteiger partial charge is 0.238 e. The van der Waals surface area contributed by atoms with Crippen molar-refractivity contribution in [3.05, 3.63) is 59.2 Å². The van der Waals surface area contributed by atoms with Gasteiger partial charge in [0.25, 0.3) is 0 Å². The molecule has 0 unspecified atom stereocenters. The monoisotopic (exact) mass is 491 g/mol. The van der Waals surface area contributed by atoms with Crippen LogP contribution in [0.4, 0.5) is 17.1 Å². The minimum absolute atomic E-state index is 0.0501. The quantitative estimate of drug-likeness (QED) is 0.421. The summed E-state index contributed by atoms with van der Waals surface area (Å²) in [6.45, 7) is 5.60. The number of nitrogens with zero attached hydrogens (tertiary/aromatic N) is 3. The van der Waals surface area contributed by atoms with E-state index in [4.69, 9.17) is 11.6 Å². The Bertz CT molecular complexity index is 1170. The van der Waals surface area contributed by atoms with Crippen LogP contribution in [0.5, 0.6) is 0 Å². The highest BCUT2D eigenvalue weighted by Gasteiger charge is 2.16. The van der Waals surface area contributed by atoms with Gasteiger partial charge in [-0.15, -0.1) is 0 Å². The third-order valence-electron chi connectivity index (χ3n) is 6.93. The molecular weight excluding hydrogens is 458 g/mol. The van der Waals surface area contributed by atoms with Gasteiger partial charge in [-0.3, -0.25) is 19.6 Å². The second kappa shape index (κ2) is 11.4. The number of carbonyl (C=O) groups is 1. The standard InChI is InChI=1S/C28H34ClN5O/c29-22-7-8-26-25(17-22)27(9-10-30-26)31-23-15-21(19-33-11-3-1-4-12-33)16-24(18-23)32-28(35)20-34-13-5-2-6-14-34/h7-10,15-18H,1-6,11-14,19-20H2,(H,30,31)(H,32,35). The van der Waals surface area contributed by atoms with Crippen molar-refractivity contribution in [1.82, 2.24) is 14.8 Å². The second-order valence-electron chi connectivity index (χ2n) is 9.79. The molecule has 2 aliphatic rings. The molecule has 2 N–H and O–H groups in total. The van der Waals surface area contributed by atoms with Crippen molar-refractivity contribution in [1.29, 1.82) is 0 Å². The Morgan fingerprint density at radius 2 is 1.57 bits per heavy atom. The average Bonchev–Trinajstić information content (AvgIpc) is 2.85. The van der Waals surface area contributed by atoms with Crippen LogP contribution >= 0.6 is 11.6 Å². The number of nitrogens with one attached hydrogen (secondary N) is 2. The van der Waals surface area contributed by atoms with Crippen molar-refractivity contribution >= 4 is 45.5 Å². The van der Waals surface area contributed by atoms with Gasteiger partial charge < -0.3 is 10.6 Å². The van der Waals surface area contributed by atoms with Crippen LogP contribution in [0.15, 0.2) is 48.7 Å². The summed E-state index contributed by atoms with van der Waals surface area (Å²) in [5.74, 6) is 0.0501. The minimum Gasteiger partial charge on any atom is -0.355 e. The lowest BCUT2D eigenvalue weighted by molar-refractivity contribution is -0.117. The molecule has 35 heavy (non-hydrogen) atoms. The fourth-order valence-corrected chi connectivity index (χ4v) is 5.38. The number of rotatable bonds is 7. The topological polar surface area (TPSA) is 60.5 Å². The Balaban J connectivity index is 1.39. The average molecular weight is 492 g/mol. The Morgan fingerprint density at radius 3 is 2.34 bits per heavy atom.